The van der Waals surface area contributed by atoms with Gasteiger partial charge in [-0.3, -0.25) is 0 Å². The highest BCUT2D eigenvalue weighted by molar-refractivity contribution is 5.81. The van der Waals surface area contributed by atoms with Crippen LogP contribution in [0.4, 0.5) is 0 Å². The highest BCUT2D eigenvalue weighted by Gasteiger charge is 2.10. The Kier molecular flexibility index (Phi) is 7.29. The number of hydrogen-bond acceptors (Lipinski definition) is 0. The van der Waals surface area contributed by atoms with Gasteiger partial charge in [0.05, 0.1) is 0 Å². The fourth-order valence-corrected chi connectivity index (χ4v) is 2.60. The zero-order valence-electron chi connectivity index (χ0n) is 13.9. The van der Waals surface area contributed by atoms with E-state index in [1.165, 1.54) is 0 Å². The minimum atomic E-state index is 1.04. The van der Waals surface area contributed by atoms with Gasteiger partial charge in [-0.05, 0) is 39.6 Å². The molecule has 23 heavy (non-hydrogen) atoms. The minimum absolute atomic E-state index is 1.04. The SMILES string of the molecule is C=C/C=C\c1c(C=C)c(C=C)c(/C=C\C)c(=C/C=C)/c1=C\C=C. The third-order valence-electron chi connectivity index (χ3n) is 3.45. The summed E-state index contributed by atoms with van der Waals surface area (Å²) in [6, 6.07) is 0. The summed E-state index contributed by atoms with van der Waals surface area (Å²) in [6.45, 7) is 21.4. The van der Waals surface area contributed by atoms with Crippen molar-refractivity contribution in [2.45, 2.75) is 6.92 Å². The van der Waals surface area contributed by atoms with Gasteiger partial charge >= 0.3 is 0 Å². The standard InChI is InChI=1S/C23H24/c1-7-13-17-23-19(12-6)18(11-5)20(14-8-2)21(15-9-3)22(23)16-10-4/h7-17H,1,3-6H2,2H3/b14-8-,17-13-,21-15-,22-16+. The van der Waals surface area contributed by atoms with Gasteiger partial charge in [-0.2, -0.15) is 0 Å². The first-order valence-corrected chi connectivity index (χ1v) is 7.52. The molecule has 0 aliphatic carbocycles. The van der Waals surface area contributed by atoms with Gasteiger partial charge in [0.15, 0.2) is 0 Å². The van der Waals surface area contributed by atoms with Gasteiger partial charge in [0, 0.05) is 0 Å². The lowest BCUT2D eigenvalue weighted by atomic mass is 9.90. The zero-order chi connectivity index (χ0) is 17.2. The minimum Gasteiger partial charge on any atom is -0.0991 e. The Labute approximate surface area is 139 Å². The van der Waals surface area contributed by atoms with E-state index in [1.807, 2.05) is 49.5 Å². The molecule has 116 valence electrons. The van der Waals surface area contributed by atoms with Crippen LogP contribution in [0.3, 0.4) is 0 Å². The molecule has 0 fully saturated rings. The molecule has 0 nitrogen and oxygen atoms in total. The molecule has 0 heterocycles. The molecule has 0 aliphatic heterocycles. The maximum Gasteiger partial charge on any atom is -0.00992 e. The topological polar surface area (TPSA) is 0 Å². The molecule has 0 heteroatoms. The van der Waals surface area contributed by atoms with Crippen LogP contribution in [0, 0.1) is 0 Å². The highest BCUT2D eigenvalue weighted by atomic mass is 14.1. The normalized spacial score (nSPS) is 12.7. The highest BCUT2D eigenvalue weighted by Crippen LogP contribution is 2.19. The number of benzene rings is 1. The Morgan fingerprint density at radius 2 is 1.09 bits per heavy atom. The van der Waals surface area contributed by atoms with Crippen LogP contribution in [0.1, 0.15) is 29.2 Å². The molecule has 0 unspecified atom stereocenters. The largest absolute Gasteiger partial charge is 0.0991 e. The van der Waals surface area contributed by atoms with Crippen molar-refractivity contribution in [3.63, 3.8) is 0 Å². The molecular weight excluding hydrogens is 276 g/mol. The Balaban J connectivity index is 4.33. The van der Waals surface area contributed by atoms with E-state index in [2.05, 4.69) is 39.0 Å². The first-order chi connectivity index (χ1) is 11.2. The van der Waals surface area contributed by atoms with E-state index in [9.17, 15) is 0 Å². The molecular formula is C23H24. The van der Waals surface area contributed by atoms with E-state index in [4.69, 9.17) is 0 Å². The van der Waals surface area contributed by atoms with E-state index in [1.54, 1.807) is 18.2 Å². The molecule has 0 saturated carbocycles. The van der Waals surface area contributed by atoms with Gasteiger partial charge in [0.2, 0.25) is 0 Å². The van der Waals surface area contributed by atoms with Crippen molar-refractivity contribution in [3.8, 4) is 0 Å². The quantitative estimate of drug-likeness (QED) is 0.612. The van der Waals surface area contributed by atoms with Gasteiger partial charge < -0.3 is 0 Å². The van der Waals surface area contributed by atoms with Crippen LogP contribution in [-0.2, 0) is 0 Å². The molecule has 0 bridgehead atoms. The molecule has 0 radical (unpaired) electrons. The molecule has 1 aromatic rings. The third-order valence-corrected chi connectivity index (χ3v) is 3.45. The summed E-state index contributed by atoms with van der Waals surface area (Å²) in [6.07, 6.45) is 21.2. The third kappa shape index (κ3) is 3.87. The monoisotopic (exact) mass is 300 g/mol. The molecule has 1 aromatic carbocycles. The number of rotatable bonds is 7. The Bertz CT molecular complexity index is 809. The van der Waals surface area contributed by atoms with Crippen LogP contribution in [0.2, 0.25) is 0 Å². The van der Waals surface area contributed by atoms with E-state index >= 15 is 0 Å². The average molecular weight is 300 g/mol. The Hall–Kier alpha value is -2.86. The van der Waals surface area contributed by atoms with Crippen molar-refractivity contribution < 1.29 is 0 Å². The van der Waals surface area contributed by atoms with Gasteiger partial charge in [-0.15, -0.1) is 0 Å². The average Bonchev–Trinajstić information content (AvgIpc) is 2.56. The van der Waals surface area contributed by atoms with E-state index in [0.717, 1.165) is 32.7 Å². The van der Waals surface area contributed by atoms with Crippen LogP contribution in [0.25, 0.3) is 36.5 Å². The number of allylic oxidation sites excluding steroid dienone is 5. The van der Waals surface area contributed by atoms with Gasteiger partial charge in [-0.25, -0.2) is 0 Å². The molecule has 0 amide bonds. The zero-order valence-corrected chi connectivity index (χ0v) is 13.9. The van der Waals surface area contributed by atoms with Gasteiger partial charge in [0.25, 0.3) is 0 Å². The molecule has 1 rings (SSSR count). The summed E-state index contributed by atoms with van der Waals surface area (Å²) < 4.78 is 0. The first-order valence-electron chi connectivity index (χ1n) is 7.52. The maximum absolute atomic E-state index is 3.98. The first kappa shape index (κ1) is 18.2. The predicted octanol–water partition coefficient (Wildman–Crippen LogP) is 5.14. The van der Waals surface area contributed by atoms with Crippen molar-refractivity contribution in [1.82, 2.24) is 0 Å². The van der Waals surface area contributed by atoms with Crippen LogP contribution in [0.15, 0.2) is 63.3 Å². The summed E-state index contributed by atoms with van der Waals surface area (Å²) in [7, 11) is 0. The second kappa shape index (κ2) is 9.22. The smallest absolute Gasteiger partial charge is 0.00992 e. The maximum atomic E-state index is 3.98. The fraction of sp³-hybridized carbons (Fsp3) is 0.0435. The molecule has 0 spiro atoms. The molecule has 0 atom stereocenters. The van der Waals surface area contributed by atoms with Crippen LogP contribution in [0.5, 0.6) is 0 Å². The predicted molar refractivity (Wildman–Crippen MR) is 109 cm³/mol. The number of hydrogen-bond donors (Lipinski definition) is 0. The lowest BCUT2D eigenvalue weighted by molar-refractivity contribution is 1.41. The second-order valence-corrected chi connectivity index (χ2v) is 4.79. The summed E-state index contributed by atoms with van der Waals surface area (Å²) >= 11 is 0. The fourth-order valence-electron chi connectivity index (χ4n) is 2.60. The van der Waals surface area contributed by atoms with Crippen LogP contribution in [-0.4, -0.2) is 0 Å². The molecule has 0 aromatic heterocycles. The van der Waals surface area contributed by atoms with Crippen molar-refractivity contribution in [1.29, 1.82) is 0 Å². The van der Waals surface area contributed by atoms with E-state index < -0.39 is 0 Å². The Morgan fingerprint density at radius 1 is 0.609 bits per heavy atom. The summed E-state index contributed by atoms with van der Waals surface area (Å²) in [4.78, 5) is 0. The Morgan fingerprint density at radius 3 is 1.43 bits per heavy atom. The van der Waals surface area contributed by atoms with Crippen molar-refractivity contribution in [3.05, 3.63) is 96.0 Å². The lowest BCUT2D eigenvalue weighted by Gasteiger charge is -2.13. The van der Waals surface area contributed by atoms with E-state index in [-0.39, 0.29) is 0 Å². The van der Waals surface area contributed by atoms with Crippen molar-refractivity contribution >= 4 is 36.5 Å². The van der Waals surface area contributed by atoms with Gasteiger partial charge in [0.1, 0.15) is 0 Å². The molecule has 0 aliphatic rings. The van der Waals surface area contributed by atoms with Crippen LogP contribution < -0.4 is 10.4 Å². The lowest BCUT2D eigenvalue weighted by Crippen LogP contribution is -2.32. The molecule has 0 saturated heterocycles. The second-order valence-electron chi connectivity index (χ2n) is 4.79. The summed E-state index contributed by atoms with van der Waals surface area (Å²) in [5.74, 6) is 0. The van der Waals surface area contributed by atoms with Gasteiger partial charge in [-0.1, -0.05) is 99.7 Å². The molecule has 0 N–H and O–H groups in total. The summed E-state index contributed by atoms with van der Waals surface area (Å²) in [5, 5.41) is 2.16. The van der Waals surface area contributed by atoms with Crippen molar-refractivity contribution in [2.24, 2.45) is 0 Å². The summed E-state index contributed by atoms with van der Waals surface area (Å²) in [5.41, 5.74) is 4.26. The van der Waals surface area contributed by atoms with Crippen LogP contribution >= 0.6 is 0 Å². The van der Waals surface area contributed by atoms with E-state index in [0.29, 0.717) is 0 Å². The van der Waals surface area contributed by atoms with Crippen molar-refractivity contribution in [2.75, 3.05) is 0 Å².